The Morgan fingerprint density at radius 3 is 2.29 bits per heavy atom. The van der Waals surface area contributed by atoms with E-state index in [9.17, 15) is 4.79 Å². The van der Waals surface area contributed by atoms with Crippen molar-refractivity contribution in [2.75, 3.05) is 0 Å². The molecule has 1 aliphatic heterocycles. The molecule has 1 fully saturated rings. The molecule has 0 N–H and O–H groups in total. The van der Waals surface area contributed by atoms with Crippen LogP contribution in [0.4, 0.5) is 4.79 Å². The molecule has 0 radical (unpaired) electrons. The van der Waals surface area contributed by atoms with Crippen LogP contribution in [0.2, 0.25) is 0 Å². The molecular formula is C11H14O3. The van der Waals surface area contributed by atoms with Gasteiger partial charge in [0.25, 0.3) is 0 Å². The van der Waals surface area contributed by atoms with Gasteiger partial charge in [0.05, 0.1) is 0 Å². The second kappa shape index (κ2) is 3.06. The van der Waals surface area contributed by atoms with Crippen LogP contribution in [0.1, 0.15) is 27.7 Å². The van der Waals surface area contributed by atoms with Crippen LogP contribution in [-0.2, 0) is 9.47 Å². The summed E-state index contributed by atoms with van der Waals surface area (Å²) in [5.41, 5.74) is -0.903. The smallest absolute Gasteiger partial charge is 0.423 e. The Balaban J connectivity index is 3.01. The number of hydrogen-bond acceptors (Lipinski definition) is 3. The van der Waals surface area contributed by atoms with E-state index in [1.165, 1.54) is 0 Å². The maximum Gasteiger partial charge on any atom is 0.510 e. The number of rotatable bonds is 0. The fraction of sp³-hybridized carbons (Fsp3) is 0.545. The summed E-state index contributed by atoms with van der Waals surface area (Å²) >= 11 is 0. The van der Waals surface area contributed by atoms with E-state index >= 15 is 0 Å². The van der Waals surface area contributed by atoms with Crippen molar-refractivity contribution in [3.63, 3.8) is 0 Å². The third kappa shape index (κ3) is 1.74. The fourth-order valence-corrected chi connectivity index (χ4v) is 1.02. The Bertz CT molecular complexity index is 343. The first-order valence-electron chi connectivity index (χ1n) is 4.37. The van der Waals surface area contributed by atoms with Gasteiger partial charge in [0.15, 0.2) is 5.60 Å². The van der Waals surface area contributed by atoms with Gasteiger partial charge in [0, 0.05) is 0 Å². The van der Waals surface area contributed by atoms with Gasteiger partial charge in [0.2, 0.25) is 5.60 Å². The van der Waals surface area contributed by atoms with Gasteiger partial charge in [-0.25, -0.2) is 4.79 Å². The maximum atomic E-state index is 11.0. The molecule has 76 valence electrons. The summed E-state index contributed by atoms with van der Waals surface area (Å²) in [6.07, 6.45) is -0.673. The molecule has 0 spiro atoms. The lowest BCUT2D eigenvalue weighted by molar-refractivity contribution is 0.0349. The van der Waals surface area contributed by atoms with Crippen LogP contribution in [-0.4, -0.2) is 17.4 Å². The largest absolute Gasteiger partial charge is 0.510 e. The van der Waals surface area contributed by atoms with E-state index in [1.807, 2.05) is 0 Å². The van der Waals surface area contributed by atoms with Crippen LogP contribution in [0.3, 0.4) is 0 Å². The zero-order valence-electron chi connectivity index (χ0n) is 8.93. The van der Waals surface area contributed by atoms with Crippen molar-refractivity contribution < 1.29 is 14.3 Å². The van der Waals surface area contributed by atoms with E-state index in [-0.39, 0.29) is 0 Å². The zero-order valence-corrected chi connectivity index (χ0v) is 8.93. The highest BCUT2D eigenvalue weighted by Gasteiger charge is 2.53. The van der Waals surface area contributed by atoms with Crippen LogP contribution in [0.25, 0.3) is 0 Å². The normalized spacial score (nSPS) is 28.4. The highest BCUT2D eigenvalue weighted by atomic mass is 16.8. The van der Waals surface area contributed by atoms with Gasteiger partial charge in [-0.15, -0.1) is 0 Å². The Hall–Kier alpha value is -1.43. The monoisotopic (exact) mass is 194 g/mol. The molecule has 1 unspecified atom stereocenters. The average Bonchev–Trinajstić information content (AvgIpc) is 2.17. The zero-order chi connectivity index (χ0) is 11.0. The van der Waals surface area contributed by atoms with Gasteiger partial charge < -0.3 is 9.47 Å². The number of carbonyl (C=O) groups is 1. The molecule has 0 saturated carbocycles. The first-order valence-corrected chi connectivity index (χ1v) is 4.37. The molecule has 1 heterocycles. The van der Waals surface area contributed by atoms with E-state index in [0.717, 1.165) is 5.57 Å². The molecule has 0 aromatic rings. The number of cyclic esters (lactones) is 2. The minimum atomic E-state index is -0.900. The molecule has 1 saturated heterocycles. The van der Waals surface area contributed by atoms with E-state index < -0.39 is 17.4 Å². The van der Waals surface area contributed by atoms with E-state index in [0.29, 0.717) is 0 Å². The summed E-state index contributed by atoms with van der Waals surface area (Å²) in [6, 6.07) is 0. The lowest BCUT2D eigenvalue weighted by Crippen LogP contribution is -2.43. The summed E-state index contributed by atoms with van der Waals surface area (Å²) in [7, 11) is 0. The quantitative estimate of drug-likeness (QED) is 0.438. The van der Waals surface area contributed by atoms with Crippen LogP contribution < -0.4 is 0 Å². The Morgan fingerprint density at radius 2 is 1.93 bits per heavy atom. The molecule has 0 amide bonds. The van der Waals surface area contributed by atoms with Crippen molar-refractivity contribution in [1.82, 2.24) is 0 Å². The van der Waals surface area contributed by atoms with E-state index in [1.54, 1.807) is 27.7 Å². The third-order valence-corrected chi connectivity index (χ3v) is 2.29. The lowest BCUT2D eigenvalue weighted by atomic mass is 9.88. The van der Waals surface area contributed by atoms with Crippen molar-refractivity contribution >= 4 is 6.16 Å². The number of ether oxygens (including phenoxy) is 2. The van der Waals surface area contributed by atoms with Crippen molar-refractivity contribution in [2.45, 2.75) is 38.9 Å². The fourth-order valence-electron chi connectivity index (χ4n) is 1.02. The molecule has 3 heteroatoms. The standard InChI is InChI=1S/C11H14O3/c1-8(2)6-7-11(5)10(3,4)13-9(12)14-11/h1H2,2-5H3. The number of carbonyl (C=O) groups excluding carboxylic acids is 1. The summed E-state index contributed by atoms with van der Waals surface area (Å²) in [5, 5.41) is 0. The first-order chi connectivity index (χ1) is 6.27. The van der Waals surface area contributed by atoms with Gasteiger partial charge in [-0.1, -0.05) is 12.5 Å². The third-order valence-electron chi connectivity index (χ3n) is 2.29. The van der Waals surface area contributed by atoms with Crippen LogP contribution in [0.15, 0.2) is 12.2 Å². The molecule has 0 aromatic heterocycles. The average molecular weight is 194 g/mol. The highest BCUT2D eigenvalue weighted by Crippen LogP contribution is 2.35. The van der Waals surface area contributed by atoms with Gasteiger partial charge >= 0.3 is 6.16 Å². The summed E-state index contributed by atoms with van der Waals surface area (Å²) < 4.78 is 10.0. The minimum absolute atomic E-state index is 0.673. The molecule has 1 rings (SSSR count). The Labute approximate surface area is 84.1 Å². The topological polar surface area (TPSA) is 35.5 Å². The van der Waals surface area contributed by atoms with E-state index in [2.05, 4.69) is 18.4 Å². The summed E-state index contributed by atoms with van der Waals surface area (Å²) in [4.78, 5) is 11.0. The van der Waals surface area contributed by atoms with Crippen LogP contribution in [0, 0.1) is 11.8 Å². The van der Waals surface area contributed by atoms with Gasteiger partial charge in [0.1, 0.15) is 0 Å². The van der Waals surface area contributed by atoms with Gasteiger partial charge in [-0.2, -0.15) is 0 Å². The Kier molecular flexibility index (Phi) is 2.32. The van der Waals surface area contributed by atoms with Crippen molar-refractivity contribution in [2.24, 2.45) is 0 Å². The maximum absolute atomic E-state index is 11.0. The van der Waals surface area contributed by atoms with Gasteiger partial charge in [-0.3, -0.25) is 0 Å². The second-order valence-corrected chi connectivity index (χ2v) is 4.03. The second-order valence-electron chi connectivity index (χ2n) is 4.03. The van der Waals surface area contributed by atoms with Crippen LogP contribution >= 0.6 is 0 Å². The molecule has 0 bridgehead atoms. The predicted octanol–water partition coefficient (Wildman–Crippen LogP) is 2.27. The SMILES string of the molecule is C=C(C)C#CC1(C)OC(=O)OC1(C)C. The molecule has 0 aromatic carbocycles. The number of hydrogen-bond donors (Lipinski definition) is 0. The first kappa shape index (κ1) is 10.6. The minimum Gasteiger partial charge on any atom is -0.423 e. The van der Waals surface area contributed by atoms with Gasteiger partial charge in [-0.05, 0) is 39.2 Å². The highest BCUT2D eigenvalue weighted by molar-refractivity contribution is 5.65. The van der Waals surface area contributed by atoms with Crippen molar-refractivity contribution in [3.8, 4) is 11.8 Å². The van der Waals surface area contributed by atoms with Crippen molar-refractivity contribution in [3.05, 3.63) is 12.2 Å². The molecule has 3 nitrogen and oxygen atoms in total. The summed E-state index contributed by atoms with van der Waals surface area (Å²) in [5.74, 6) is 5.66. The van der Waals surface area contributed by atoms with Crippen LogP contribution in [0.5, 0.6) is 0 Å². The lowest BCUT2D eigenvalue weighted by Gasteiger charge is -2.27. The molecule has 14 heavy (non-hydrogen) atoms. The number of allylic oxidation sites excluding steroid dienone is 1. The molecule has 1 atom stereocenters. The van der Waals surface area contributed by atoms with E-state index in [4.69, 9.17) is 9.47 Å². The molecular weight excluding hydrogens is 180 g/mol. The molecule has 0 aliphatic carbocycles. The van der Waals surface area contributed by atoms with Crippen molar-refractivity contribution in [1.29, 1.82) is 0 Å². The Morgan fingerprint density at radius 1 is 1.36 bits per heavy atom. The molecule has 1 aliphatic rings. The summed E-state index contributed by atoms with van der Waals surface area (Å²) in [6.45, 7) is 10.7. The predicted molar refractivity (Wildman–Crippen MR) is 52.6 cm³/mol.